The smallest absolute Gasteiger partial charge is 0.338 e. The Labute approximate surface area is 134 Å². The Morgan fingerprint density at radius 1 is 1.22 bits per heavy atom. The van der Waals surface area contributed by atoms with Gasteiger partial charge in [-0.15, -0.1) is 0 Å². The van der Waals surface area contributed by atoms with Crippen molar-refractivity contribution < 1.29 is 9.53 Å². The molecule has 2 aromatic carbocycles. The number of hydrogen-bond donors (Lipinski definition) is 2. The average molecular weight is 309 g/mol. The van der Waals surface area contributed by atoms with Crippen molar-refractivity contribution in [3.63, 3.8) is 0 Å². The Morgan fingerprint density at radius 2 is 2.04 bits per heavy atom. The van der Waals surface area contributed by atoms with Crippen LogP contribution in [0.2, 0.25) is 0 Å². The number of fused-ring (bicyclic) bond motifs is 1. The second-order valence-electron chi connectivity index (χ2n) is 5.20. The highest BCUT2D eigenvalue weighted by Crippen LogP contribution is 2.17. The standard InChI is InChI=1S/C18H19N3O2/c1-2-23-17(22)14-8-9-15-16(12-14)21-18(20-15)19-11-10-13-6-4-3-5-7-13/h3-9,12H,2,10-11H2,1H3,(H2,19,20,21). The zero-order chi connectivity index (χ0) is 16.1. The lowest BCUT2D eigenvalue weighted by Crippen LogP contribution is -2.05. The normalized spacial score (nSPS) is 10.7. The molecule has 1 aromatic heterocycles. The molecule has 3 aromatic rings. The summed E-state index contributed by atoms with van der Waals surface area (Å²) in [6.45, 7) is 2.95. The highest BCUT2D eigenvalue weighted by molar-refractivity contribution is 5.94. The minimum Gasteiger partial charge on any atom is -0.462 e. The van der Waals surface area contributed by atoms with Crippen LogP contribution in [-0.2, 0) is 11.2 Å². The molecule has 0 amide bonds. The van der Waals surface area contributed by atoms with Crippen LogP contribution in [0.4, 0.5) is 5.95 Å². The van der Waals surface area contributed by atoms with Gasteiger partial charge in [0.05, 0.1) is 23.2 Å². The number of aromatic amines is 1. The predicted molar refractivity (Wildman–Crippen MR) is 90.7 cm³/mol. The predicted octanol–water partition coefficient (Wildman–Crippen LogP) is 3.39. The molecule has 5 nitrogen and oxygen atoms in total. The van der Waals surface area contributed by atoms with Gasteiger partial charge < -0.3 is 15.0 Å². The Hall–Kier alpha value is -2.82. The highest BCUT2D eigenvalue weighted by Gasteiger charge is 2.09. The van der Waals surface area contributed by atoms with Crippen LogP contribution >= 0.6 is 0 Å². The van der Waals surface area contributed by atoms with E-state index < -0.39 is 0 Å². The Morgan fingerprint density at radius 3 is 2.83 bits per heavy atom. The molecule has 0 saturated heterocycles. The lowest BCUT2D eigenvalue weighted by Gasteiger charge is -2.02. The fourth-order valence-electron chi connectivity index (χ4n) is 2.40. The van der Waals surface area contributed by atoms with E-state index in [4.69, 9.17) is 4.74 Å². The van der Waals surface area contributed by atoms with Crippen LogP contribution < -0.4 is 5.32 Å². The van der Waals surface area contributed by atoms with Crippen LogP contribution in [0.15, 0.2) is 48.5 Å². The third-order valence-corrected chi connectivity index (χ3v) is 3.54. The van der Waals surface area contributed by atoms with Gasteiger partial charge in [0.25, 0.3) is 0 Å². The van der Waals surface area contributed by atoms with Gasteiger partial charge in [0.1, 0.15) is 0 Å². The number of carbonyl (C=O) groups excluding carboxylic acids is 1. The molecule has 3 rings (SSSR count). The monoisotopic (exact) mass is 309 g/mol. The number of esters is 1. The van der Waals surface area contributed by atoms with Gasteiger partial charge in [-0.1, -0.05) is 30.3 Å². The fourth-order valence-corrected chi connectivity index (χ4v) is 2.40. The summed E-state index contributed by atoms with van der Waals surface area (Å²) in [6, 6.07) is 15.6. The molecule has 0 spiro atoms. The first-order chi connectivity index (χ1) is 11.3. The Bertz CT molecular complexity index is 796. The van der Waals surface area contributed by atoms with E-state index in [1.54, 1.807) is 19.1 Å². The third kappa shape index (κ3) is 3.69. The van der Waals surface area contributed by atoms with Gasteiger partial charge >= 0.3 is 5.97 Å². The van der Waals surface area contributed by atoms with Crippen LogP contribution in [0.5, 0.6) is 0 Å². The molecule has 0 unspecified atom stereocenters. The van der Waals surface area contributed by atoms with Gasteiger partial charge in [0, 0.05) is 6.54 Å². The molecule has 0 aliphatic carbocycles. The van der Waals surface area contributed by atoms with E-state index in [0.717, 1.165) is 24.0 Å². The van der Waals surface area contributed by atoms with Crippen molar-refractivity contribution in [3.8, 4) is 0 Å². The van der Waals surface area contributed by atoms with Crippen molar-refractivity contribution in [2.24, 2.45) is 0 Å². The number of H-pyrrole nitrogens is 1. The van der Waals surface area contributed by atoms with Crippen molar-refractivity contribution in [2.45, 2.75) is 13.3 Å². The second kappa shape index (κ2) is 6.96. The molecule has 0 fully saturated rings. The van der Waals surface area contributed by atoms with E-state index in [1.807, 2.05) is 24.3 Å². The molecule has 0 saturated carbocycles. The van der Waals surface area contributed by atoms with Crippen molar-refractivity contribution in [1.82, 2.24) is 9.97 Å². The summed E-state index contributed by atoms with van der Waals surface area (Å²) in [7, 11) is 0. The van der Waals surface area contributed by atoms with Crippen LogP contribution in [0.3, 0.4) is 0 Å². The summed E-state index contributed by atoms with van der Waals surface area (Å²) in [5, 5.41) is 3.27. The first-order valence-corrected chi connectivity index (χ1v) is 7.71. The number of imidazole rings is 1. The quantitative estimate of drug-likeness (QED) is 0.685. The molecule has 0 radical (unpaired) electrons. The highest BCUT2D eigenvalue weighted by atomic mass is 16.5. The summed E-state index contributed by atoms with van der Waals surface area (Å²) in [6.07, 6.45) is 0.923. The van der Waals surface area contributed by atoms with Crippen LogP contribution in [0.1, 0.15) is 22.8 Å². The van der Waals surface area contributed by atoms with Gasteiger partial charge in [-0.3, -0.25) is 0 Å². The van der Waals surface area contributed by atoms with Crippen molar-refractivity contribution >= 4 is 23.0 Å². The van der Waals surface area contributed by atoms with Gasteiger partial charge in [-0.25, -0.2) is 9.78 Å². The van der Waals surface area contributed by atoms with Crippen LogP contribution in [0.25, 0.3) is 11.0 Å². The number of ether oxygens (including phenoxy) is 1. The molecule has 0 bridgehead atoms. The van der Waals surface area contributed by atoms with Crippen LogP contribution in [0, 0.1) is 0 Å². The molecule has 0 aliphatic heterocycles. The van der Waals surface area contributed by atoms with E-state index in [1.165, 1.54) is 5.56 Å². The first-order valence-electron chi connectivity index (χ1n) is 7.71. The molecule has 23 heavy (non-hydrogen) atoms. The van der Waals surface area contributed by atoms with Crippen LogP contribution in [-0.4, -0.2) is 29.1 Å². The maximum absolute atomic E-state index is 11.8. The maximum atomic E-state index is 11.8. The third-order valence-electron chi connectivity index (χ3n) is 3.54. The number of anilines is 1. The zero-order valence-corrected chi connectivity index (χ0v) is 13.0. The van der Waals surface area contributed by atoms with Crippen molar-refractivity contribution in [3.05, 3.63) is 59.7 Å². The van der Waals surface area contributed by atoms with Crippen molar-refractivity contribution in [2.75, 3.05) is 18.5 Å². The SMILES string of the molecule is CCOC(=O)c1ccc2nc(NCCc3ccccc3)[nH]c2c1. The molecule has 118 valence electrons. The first kappa shape index (κ1) is 15.1. The zero-order valence-electron chi connectivity index (χ0n) is 13.0. The summed E-state index contributed by atoms with van der Waals surface area (Å²) in [5.74, 6) is 0.388. The number of rotatable bonds is 6. The Balaban J connectivity index is 1.66. The minimum atomic E-state index is -0.317. The lowest BCUT2D eigenvalue weighted by molar-refractivity contribution is 0.0526. The summed E-state index contributed by atoms with van der Waals surface area (Å²) in [5.41, 5.74) is 3.44. The van der Waals surface area contributed by atoms with E-state index in [2.05, 4.69) is 27.4 Å². The number of benzene rings is 2. The van der Waals surface area contributed by atoms with Gasteiger partial charge in [0.15, 0.2) is 0 Å². The molecule has 5 heteroatoms. The van der Waals surface area contributed by atoms with Gasteiger partial charge in [-0.05, 0) is 37.1 Å². The summed E-state index contributed by atoms with van der Waals surface area (Å²) in [4.78, 5) is 19.4. The van der Waals surface area contributed by atoms with E-state index >= 15 is 0 Å². The summed E-state index contributed by atoms with van der Waals surface area (Å²) >= 11 is 0. The molecule has 0 aliphatic rings. The molecular weight excluding hydrogens is 290 g/mol. The van der Waals surface area contributed by atoms with E-state index in [-0.39, 0.29) is 5.97 Å². The number of aromatic nitrogens is 2. The summed E-state index contributed by atoms with van der Waals surface area (Å²) < 4.78 is 5.01. The minimum absolute atomic E-state index is 0.317. The number of nitrogens with one attached hydrogen (secondary N) is 2. The topological polar surface area (TPSA) is 67.0 Å². The Kier molecular flexibility index (Phi) is 4.57. The largest absolute Gasteiger partial charge is 0.462 e. The molecular formula is C18H19N3O2. The van der Waals surface area contributed by atoms with Gasteiger partial charge in [-0.2, -0.15) is 0 Å². The molecule has 2 N–H and O–H groups in total. The second-order valence-corrected chi connectivity index (χ2v) is 5.20. The number of carbonyl (C=O) groups is 1. The fraction of sp³-hybridized carbons (Fsp3) is 0.222. The maximum Gasteiger partial charge on any atom is 0.338 e. The van der Waals surface area contributed by atoms with Gasteiger partial charge in [0.2, 0.25) is 5.95 Å². The molecule has 0 atom stereocenters. The number of nitrogens with zero attached hydrogens (tertiary/aromatic N) is 1. The number of hydrogen-bond acceptors (Lipinski definition) is 4. The van der Waals surface area contributed by atoms with E-state index in [0.29, 0.717) is 18.1 Å². The average Bonchev–Trinajstić information content (AvgIpc) is 2.98. The van der Waals surface area contributed by atoms with Crippen molar-refractivity contribution in [1.29, 1.82) is 0 Å². The van der Waals surface area contributed by atoms with E-state index in [9.17, 15) is 4.79 Å². The molecule has 1 heterocycles. The lowest BCUT2D eigenvalue weighted by atomic mass is 10.1.